The van der Waals surface area contributed by atoms with Crippen LogP contribution in [0.5, 0.6) is 0 Å². The van der Waals surface area contributed by atoms with Crippen LogP contribution in [0, 0.1) is 5.41 Å². The van der Waals surface area contributed by atoms with Crippen molar-refractivity contribution in [2.24, 2.45) is 5.41 Å². The number of nitrogens with zero attached hydrogens (tertiary/aromatic N) is 1. The van der Waals surface area contributed by atoms with Gasteiger partial charge in [0.2, 0.25) is 5.91 Å². The number of ether oxygens (including phenoxy) is 1. The van der Waals surface area contributed by atoms with Gasteiger partial charge < -0.3 is 33.6 Å². The van der Waals surface area contributed by atoms with E-state index in [1.54, 1.807) is 0 Å². The van der Waals surface area contributed by atoms with Crippen LogP contribution in [0.25, 0.3) is 0 Å². The molecule has 0 unspecified atom stereocenters. The molecule has 0 aromatic heterocycles. The Morgan fingerprint density at radius 2 is 1.20 bits per heavy atom. The Balaban J connectivity index is 0.00000342. The topological polar surface area (TPSA) is 41.6 Å². The first-order valence-electron chi connectivity index (χ1n) is 11.8. The Morgan fingerprint density at radius 1 is 0.800 bits per heavy atom. The molecule has 0 aliphatic carbocycles. The van der Waals surface area contributed by atoms with Crippen molar-refractivity contribution in [1.29, 1.82) is 0 Å². The van der Waals surface area contributed by atoms with Crippen molar-refractivity contribution < 1.29 is 33.5 Å². The lowest BCUT2D eigenvalue weighted by atomic mass is 9.96. The summed E-state index contributed by atoms with van der Waals surface area (Å²) in [4.78, 5) is 15.8. The zero-order valence-electron chi connectivity index (χ0n) is 20.7. The summed E-state index contributed by atoms with van der Waals surface area (Å²) in [6.07, 6.45) is 2.19. The summed E-state index contributed by atoms with van der Waals surface area (Å²) in [5.41, 5.74) is 0.432. The van der Waals surface area contributed by atoms with Crippen molar-refractivity contribution in [2.45, 2.75) is 20.8 Å². The normalized spacial score (nSPS) is 14.7. The number of carbonyl (C=O) groups is 1. The van der Waals surface area contributed by atoms with E-state index in [9.17, 15) is 4.79 Å². The lowest BCUT2D eigenvalue weighted by Crippen LogP contribution is -3.00. The number of benzene rings is 3. The summed E-state index contributed by atoms with van der Waals surface area (Å²) >= 11 is 0. The Bertz CT molecular complexity index is 1010. The smallest absolute Gasteiger partial charge is 0.232 e. The molecule has 0 spiro atoms. The first-order chi connectivity index (χ1) is 16.4. The number of halogens is 1. The summed E-state index contributed by atoms with van der Waals surface area (Å²) in [6, 6.07) is 31.9. The Labute approximate surface area is 227 Å². The zero-order chi connectivity index (χ0) is 24.0. The highest BCUT2D eigenvalue weighted by Gasteiger charge is 2.51. The molecule has 184 valence electrons. The molecule has 6 heteroatoms. The van der Waals surface area contributed by atoms with Crippen LogP contribution in [0.15, 0.2) is 103 Å². The second-order valence-electron chi connectivity index (χ2n) is 9.54. The van der Waals surface area contributed by atoms with Gasteiger partial charge in [-0.1, -0.05) is 75.4 Å². The largest absolute Gasteiger partial charge is 1.00 e. The molecule has 3 aromatic carbocycles. The van der Waals surface area contributed by atoms with Gasteiger partial charge in [-0.05, 0) is 36.4 Å². The van der Waals surface area contributed by atoms with E-state index in [0.29, 0.717) is 13.2 Å². The number of rotatable bonds is 6. The fraction of sp³-hybridized carbons (Fsp3) is 0.276. The third kappa shape index (κ3) is 6.14. The van der Waals surface area contributed by atoms with E-state index in [1.807, 2.05) is 39.0 Å². The second kappa shape index (κ2) is 12.2. The molecule has 1 saturated heterocycles. The SMILES string of the molecule is CC(C)(C)C(=O)NC(=CN1CCOCC1)[P+](c1ccccc1)(c1ccccc1)c1ccccc1.[I-]. The molecule has 0 saturated carbocycles. The van der Waals surface area contributed by atoms with Gasteiger partial charge in [-0.3, -0.25) is 10.1 Å². The van der Waals surface area contributed by atoms with Gasteiger partial charge in [0.05, 0.1) is 19.4 Å². The van der Waals surface area contributed by atoms with Crippen LogP contribution >= 0.6 is 7.26 Å². The van der Waals surface area contributed by atoms with Crippen molar-refractivity contribution in [2.75, 3.05) is 26.3 Å². The molecule has 1 fully saturated rings. The monoisotopic (exact) mass is 600 g/mol. The van der Waals surface area contributed by atoms with Crippen molar-refractivity contribution in [3.05, 3.63) is 103 Å². The average molecular weight is 600 g/mol. The van der Waals surface area contributed by atoms with Gasteiger partial charge in [0.25, 0.3) is 0 Å². The van der Waals surface area contributed by atoms with E-state index in [2.05, 4.69) is 89.2 Å². The van der Waals surface area contributed by atoms with Gasteiger partial charge in [-0.15, -0.1) is 0 Å². The van der Waals surface area contributed by atoms with Gasteiger partial charge in [-0.2, -0.15) is 0 Å². The molecule has 1 aliphatic heterocycles. The fourth-order valence-electron chi connectivity index (χ4n) is 4.21. The molecule has 1 heterocycles. The standard InChI is InChI=1S/C29H33N2O2P.HI/c1-29(2,3)28(32)30-27(23-31-19-21-33-22-20-31)34(24-13-7-4-8-14-24,25-15-9-5-10-16-25)26-17-11-6-12-18-26;/h4-18,23H,19-22H2,1-3H3;1H. The molecule has 1 aliphatic rings. The van der Waals surface area contributed by atoms with Crippen LogP contribution in [0.1, 0.15) is 20.8 Å². The van der Waals surface area contributed by atoms with Crippen molar-refractivity contribution in [3.8, 4) is 0 Å². The maximum Gasteiger partial charge on any atom is 0.232 e. The van der Waals surface area contributed by atoms with Crippen molar-refractivity contribution in [1.82, 2.24) is 10.2 Å². The molecular formula is C29H34IN2O2P. The van der Waals surface area contributed by atoms with Gasteiger partial charge in [-0.25, -0.2) is 0 Å². The van der Waals surface area contributed by atoms with Crippen LogP contribution in [0.4, 0.5) is 0 Å². The van der Waals surface area contributed by atoms with Crippen molar-refractivity contribution in [3.63, 3.8) is 0 Å². The second-order valence-corrected chi connectivity index (χ2v) is 12.9. The Morgan fingerprint density at radius 3 is 1.57 bits per heavy atom. The molecule has 0 atom stereocenters. The predicted octanol–water partition coefficient (Wildman–Crippen LogP) is 1.28. The summed E-state index contributed by atoms with van der Waals surface area (Å²) < 4.78 is 5.61. The highest BCUT2D eigenvalue weighted by Crippen LogP contribution is 2.61. The average Bonchev–Trinajstić information content (AvgIpc) is 2.86. The molecule has 4 rings (SSSR count). The molecule has 1 N–H and O–H groups in total. The van der Waals surface area contributed by atoms with E-state index in [4.69, 9.17) is 4.74 Å². The number of hydrogen-bond donors (Lipinski definition) is 1. The third-order valence-electron chi connectivity index (χ3n) is 6.07. The lowest BCUT2D eigenvalue weighted by Gasteiger charge is -2.33. The third-order valence-corrected chi connectivity index (χ3v) is 10.2. The minimum atomic E-state index is -2.41. The molecule has 0 bridgehead atoms. The minimum Gasteiger partial charge on any atom is -1.00 e. The molecular weight excluding hydrogens is 566 g/mol. The molecule has 1 amide bonds. The number of amides is 1. The summed E-state index contributed by atoms with van der Waals surface area (Å²) in [5.74, 6) is 0.0131. The van der Waals surface area contributed by atoms with Gasteiger partial charge in [0, 0.05) is 18.5 Å². The molecule has 3 aromatic rings. The highest BCUT2D eigenvalue weighted by atomic mass is 127. The summed E-state index contributed by atoms with van der Waals surface area (Å²) in [5, 5.41) is 7.06. The van der Waals surface area contributed by atoms with E-state index >= 15 is 0 Å². The molecule has 4 nitrogen and oxygen atoms in total. The zero-order valence-corrected chi connectivity index (χ0v) is 23.7. The number of carbonyl (C=O) groups excluding carboxylic acids is 1. The van der Waals surface area contributed by atoms with Crippen molar-refractivity contribution >= 4 is 29.1 Å². The predicted molar refractivity (Wildman–Crippen MR) is 143 cm³/mol. The molecule has 35 heavy (non-hydrogen) atoms. The number of morpholine rings is 1. The van der Waals surface area contributed by atoms with Gasteiger partial charge in [0.1, 0.15) is 15.9 Å². The highest BCUT2D eigenvalue weighted by molar-refractivity contribution is 7.99. The first kappa shape index (κ1) is 27.4. The van der Waals surface area contributed by atoms with Gasteiger partial charge in [0.15, 0.2) is 12.7 Å². The van der Waals surface area contributed by atoms with Crippen LogP contribution in [0.2, 0.25) is 0 Å². The van der Waals surface area contributed by atoms with Crippen LogP contribution in [-0.2, 0) is 9.53 Å². The Kier molecular flexibility index (Phi) is 9.51. The van der Waals surface area contributed by atoms with E-state index in [1.165, 1.54) is 15.9 Å². The lowest BCUT2D eigenvalue weighted by molar-refractivity contribution is -0.127. The summed E-state index contributed by atoms with van der Waals surface area (Å²) in [7, 11) is -2.41. The van der Waals surface area contributed by atoms with Crippen LogP contribution in [0.3, 0.4) is 0 Å². The number of hydrogen-bond acceptors (Lipinski definition) is 3. The maximum absolute atomic E-state index is 13.5. The Hall–Kier alpha value is -2.21. The van der Waals surface area contributed by atoms with Crippen LogP contribution in [-0.4, -0.2) is 37.1 Å². The molecule has 0 radical (unpaired) electrons. The van der Waals surface area contributed by atoms with Crippen LogP contribution < -0.4 is 45.2 Å². The first-order valence-corrected chi connectivity index (χ1v) is 13.6. The fourth-order valence-corrected chi connectivity index (χ4v) is 8.40. The number of nitrogens with one attached hydrogen (secondary N) is 1. The van der Waals surface area contributed by atoms with E-state index in [0.717, 1.165) is 18.5 Å². The quantitative estimate of drug-likeness (QED) is 0.343. The minimum absolute atomic E-state index is 0. The van der Waals surface area contributed by atoms with E-state index < -0.39 is 12.7 Å². The van der Waals surface area contributed by atoms with E-state index in [-0.39, 0.29) is 29.9 Å². The summed E-state index contributed by atoms with van der Waals surface area (Å²) in [6.45, 7) is 8.85. The maximum atomic E-state index is 13.5. The van der Waals surface area contributed by atoms with Gasteiger partial charge >= 0.3 is 0 Å².